The van der Waals surface area contributed by atoms with Gasteiger partial charge in [0.1, 0.15) is 0 Å². The van der Waals surface area contributed by atoms with Crippen LogP contribution < -0.4 is 5.32 Å². The largest absolute Gasteiger partial charge is 0.325 e. The van der Waals surface area contributed by atoms with Gasteiger partial charge in [-0.1, -0.05) is 23.9 Å². The normalized spacial score (nSPS) is 10.4. The van der Waals surface area contributed by atoms with Crippen LogP contribution in [0.25, 0.3) is 0 Å². The highest BCUT2D eigenvalue weighted by atomic mass is 32.2. The maximum absolute atomic E-state index is 12.1. The second-order valence-electron chi connectivity index (χ2n) is 5.24. The molecule has 0 fully saturated rings. The Bertz CT molecular complexity index is 736. The number of nitrogens with zero attached hydrogens (tertiary/aromatic N) is 2. The monoisotopic (exact) mass is 329 g/mol. The maximum atomic E-state index is 12.1. The summed E-state index contributed by atoms with van der Waals surface area (Å²) in [6.45, 7) is 7.31. The maximum Gasteiger partial charge on any atom is 0.234 e. The standard InChI is InChI=1S/C17H19N3O2S/c1-10-11(2)18-17(19-12(10)3)23-9-16(22)20-15-8-6-5-7-14(15)13(4)21/h5-8H,9H2,1-4H3,(H,20,22). The van der Waals surface area contributed by atoms with Crippen molar-refractivity contribution in [2.24, 2.45) is 0 Å². The van der Waals surface area contributed by atoms with Gasteiger partial charge in [0.2, 0.25) is 5.91 Å². The van der Waals surface area contributed by atoms with Crippen molar-refractivity contribution >= 4 is 29.1 Å². The number of thioether (sulfide) groups is 1. The minimum Gasteiger partial charge on any atom is -0.325 e. The van der Waals surface area contributed by atoms with Crippen LogP contribution in [0.15, 0.2) is 29.4 Å². The Morgan fingerprint density at radius 3 is 2.30 bits per heavy atom. The first-order valence-corrected chi connectivity index (χ1v) is 8.21. The SMILES string of the molecule is CC(=O)c1ccccc1NC(=O)CSc1nc(C)c(C)c(C)n1. The van der Waals surface area contributed by atoms with Gasteiger partial charge in [0.25, 0.3) is 0 Å². The van der Waals surface area contributed by atoms with E-state index < -0.39 is 0 Å². The average Bonchev–Trinajstić information content (AvgIpc) is 2.50. The number of aromatic nitrogens is 2. The fraction of sp³-hybridized carbons (Fsp3) is 0.294. The summed E-state index contributed by atoms with van der Waals surface area (Å²) in [6, 6.07) is 6.97. The number of hydrogen-bond donors (Lipinski definition) is 1. The Labute approximate surface area is 139 Å². The summed E-state index contributed by atoms with van der Waals surface area (Å²) < 4.78 is 0. The summed E-state index contributed by atoms with van der Waals surface area (Å²) in [7, 11) is 0. The molecule has 0 aliphatic heterocycles. The molecule has 2 rings (SSSR count). The molecule has 1 N–H and O–H groups in total. The van der Waals surface area contributed by atoms with Crippen molar-refractivity contribution in [1.29, 1.82) is 0 Å². The molecule has 0 aliphatic rings. The molecule has 1 aromatic heterocycles. The van der Waals surface area contributed by atoms with E-state index in [-0.39, 0.29) is 17.4 Å². The van der Waals surface area contributed by atoms with Gasteiger partial charge >= 0.3 is 0 Å². The van der Waals surface area contributed by atoms with Crippen LogP contribution in [0.2, 0.25) is 0 Å². The lowest BCUT2D eigenvalue weighted by Gasteiger charge is -2.09. The van der Waals surface area contributed by atoms with E-state index in [0.717, 1.165) is 17.0 Å². The van der Waals surface area contributed by atoms with Crippen LogP contribution >= 0.6 is 11.8 Å². The molecule has 1 heterocycles. The van der Waals surface area contributed by atoms with Crippen LogP contribution in [0.5, 0.6) is 0 Å². The van der Waals surface area contributed by atoms with Gasteiger partial charge in [0.05, 0.1) is 11.4 Å². The lowest BCUT2D eigenvalue weighted by atomic mass is 10.1. The number of carbonyl (C=O) groups excluding carboxylic acids is 2. The fourth-order valence-electron chi connectivity index (χ4n) is 2.02. The Morgan fingerprint density at radius 2 is 1.70 bits per heavy atom. The van der Waals surface area contributed by atoms with Gasteiger partial charge < -0.3 is 5.32 Å². The number of nitrogens with one attached hydrogen (secondary N) is 1. The van der Waals surface area contributed by atoms with Gasteiger partial charge in [-0.2, -0.15) is 0 Å². The van der Waals surface area contributed by atoms with Crippen LogP contribution in [-0.2, 0) is 4.79 Å². The fourth-order valence-corrected chi connectivity index (χ4v) is 2.76. The summed E-state index contributed by atoms with van der Waals surface area (Å²) in [5.41, 5.74) is 3.94. The molecule has 5 nitrogen and oxygen atoms in total. The van der Waals surface area contributed by atoms with Crippen LogP contribution in [0.1, 0.15) is 34.2 Å². The number of hydrogen-bond acceptors (Lipinski definition) is 5. The van der Waals surface area contributed by atoms with Crippen LogP contribution in [0.4, 0.5) is 5.69 Å². The van der Waals surface area contributed by atoms with Crippen molar-refractivity contribution in [1.82, 2.24) is 9.97 Å². The van der Waals surface area contributed by atoms with Crippen LogP contribution in [0.3, 0.4) is 0 Å². The number of rotatable bonds is 5. The van der Waals surface area contributed by atoms with Gasteiger partial charge in [-0.05, 0) is 45.4 Å². The molecule has 0 saturated carbocycles. The Morgan fingerprint density at radius 1 is 1.09 bits per heavy atom. The summed E-state index contributed by atoms with van der Waals surface area (Å²) in [4.78, 5) is 32.4. The van der Waals surface area contributed by atoms with Gasteiger partial charge in [0, 0.05) is 17.0 Å². The molecular formula is C17H19N3O2S. The molecule has 0 saturated heterocycles. The molecule has 0 unspecified atom stereocenters. The second-order valence-corrected chi connectivity index (χ2v) is 6.18. The number of carbonyl (C=O) groups is 2. The van der Waals surface area contributed by atoms with Crippen LogP contribution in [-0.4, -0.2) is 27.4 Å². The molecule has 23 heavy (non-hydrogen) atoms. The quantitative estimate of drug-likeness (QED) is 0.517. The van der Waals surface area contributed by atoms with Gasteiger partial charge in [-0.25, -0.2) is 9.97 Å². The Kier molecular flexibility index (Phi) is 5.50. The smallest absolute Gasteiger partial charge is 0.234 e. The zero-order valence-corrected chi connectivity index (χ0v) is 14.5. The minimum absolute atomic E-state index is 0.0818. The lowest BCUT2D eigenvalue weighted by Crippen LogP contribution is -2.16. The number of ketones is 1. The molecule has 120 valence electrons. The first kappa shape index (κ1) is 17.1. The third kappa shape index (κ3) is 4.39. The third-order valence-electron chi connectivity index (χ3n) is 3.52. The van der Waals surface area contributed by atoms with Crippen molar-refractivity contribution in [3.63, 3.8) is 0 Å². The van der Waals surface area contributed by atoms with Crippen molar-refractivity contribution in [3.05, 3.63) is 46.8 Å². The third-order valence-corrected chi connectivity index (χ3v) is 4.37. The molecule has 1 aromatic carbocycles. The van der Waals surface area contributed by atoms with Crippen molar-refractivity contribution in [2.45, 2.75) is 32.9 Å². The van der Waals surface area contributed by atoms with E-state index in [2.05, 4.69) is 15.3 Å². The molecule has 0 bridgehead atoms. The van der Waals surface area contributed by atoms with Crippen molar-refractivity contribution in [2.75, 3.05) is 11.1 Å². The topological polar surface area (TPSA) is 72.0 Å². The summed E-state index contributed by atoms with van der Waals surface area (Å²) in [6.07, 6.45) is 0. The van der Waals surface area contributed by atoms with E-state index in [1.54, 1.807) is 24.3 Å². The van der Waals surface area contributed by atoms with E-state index in [1.165, 1.54) is 18.7 Å². The van der Waals surface area contributed by atoms with Gasteiger partial charge in [0.15, 0.2) is 10.9 Å². The number of Topliss-reactive ketones (excluding diaryl/α,β-unsaturated/α-hetero) is 1. The minimum atomic E-state index is -0.191. The summed E-state index contributed by atoms with van der Waals surface area (Å²) in [5.74, 6) is -0.0846. The number of amides is 1. The first-order valence-electron chi connectivity index (χ1n) is 7.23. The first-order chi connectivity index (χ1) is 10.9. The molecular weight excluding hydrogens is 310 g/mol. The zero-order chi connectivity index (χ0) is 17.0. The summed E-state index contributed by atoms with van der Waals surface area (Å²) >= 11 is 1.28. The molecule has 0 atom stereocenters. The highest BCUT2D eigenvalue weighted by molar-refractivity contribution is 7.99. The zero-order valence-electron chi connectivity index (χ0n) is 13.6. The molecule has 2 aromatic rings. The molecule has 0 spiro atoms. The number of benzene rings is 1. The highest BCUT2D eigenvalue weighted by Crippen LogP contribution is 2.19. The van der Waals surface area contributed by atoms with Gasteiger partial charge in [-0.3, -0.25) is 9.59 Å². The Hall–Kier alpha value is -2.21. The van der Waals surface area contributed by atoms with E-state index in [4.69, 9.17) is 0 Å². The molecule has 1 amide bonds. The van der Waals surface area contributed by atoms with Crippen molar-refractivity contribution < 1.29 is 9.59 Å². The van der Waals surface area contributed by atoms with E-state index in [1.807, 2.05) is 20.8 Å². The predicted molar refractivity (Wildman–Crippen MR) is 92.0 cm³/mol. The van der Waals surface area contributed by atoms with E-state index >= 15 is 0 Å². The van der Waals surface area contributed by atoms with E-state index in [0.29, 0.717) is 16.4 Å². The molecule has 6 heteroatoms. The number of anilines is 1. The average molecular weight is 329 g/mol. The Balaban J connectivity index is 2.03. The van der Waals surface area contributed by atoms with Crippen molar-refractivity contribution in [3.8, 4) is 0 Å². The van der Waals surface area contributed by atoms with Crippen LogP contribution in [0, 0.1) is 20.8 Å². The number of aryl methyl sites for hydroxylation is 2. The summed E-state index contributed by atoms with van der Waals surface area (Å²) in [5, 5.41) is 3.35. The second kappa shape index (κ2) is 7.37. The lowest BCUT2D eigenvalue weighted by molar-refractivity contribution is -0.113. The van der Waals surface area contributed by atoms with Gasteiger partial charge in [-0.15, -0.1) is 0 Å². The highest BCUT2D eigenvalue weighted by Gasteiger charge is 2.11. The molecule has 0 radical (unpaired) electrons. The van der Waals surface area contributed by atoms with E-state index in [9.17, 15) is 9.59 Å². The predicted octanol–water partition coefficient (Wildman–Crippen LogP) is 3.34. The number of para-hydroxylation sites is 1. The molecule has 0 aliphatic carbocycles.